The van der Waals surface area contributed by atoms with Crippen LogP contribution in [0.15, 0.2) is 30.3 Å². The summed E-state index contributed by atoms with van der Waals surface area (Å²) < 4.78 is 9.42. The Morgan fingerprint density at radius 1 is 1.22 bits per heavy atom. The molecule has 1 saturated heterocycles. The van der Waals surface area contributed by atoms with Gasteiger partial charge in [0.1, 0.15) is 0 Å². The van der Waals surface area contributed by atoms with E-state index < -0.39 is 17.5 Å². The SMILES string of the molecule is COC(=O)CC1(C(=O)OC)CN1c1ccccc1. The Morgan fingerprint density at radius 3 is 2.44 bits per heavy atom. The molecule has 0 aromatic heterocycles. The van der Waals surface area contributed by atoms with E-state index in [4.69, 9.17) is 4.74 Å². The number of carbonyl (C=O) groups is 2. The highest BCUT2D eigenvalue weighted by molar-refractivity contribution is 5.96. The third-order valence-electron chi connectivity index (χ3n) is 3.13. The van der Waals surface area contributed by atoms with Gasteiger partial charge in [-0.05, 0) is 12.1 Å². The van der Waals surface area contributed by atoms with E-state index in [1.807, 2.05) is 35.2 Å². The molecule has 1 unspecified atom stereocenters. The number of nitrogens with zero attached hydrogens (tertiary/aromatic N) is 1. The Bertz CT molecular complexity index is 459. The lowest BCUT2D eigenvalue weighted by Gasteiger charge is -2.15. The van der Waals surface area contributed by atoms with Crippen LogP contribution < -0.4 is 4.90 Å². The normalized spacial score (nSPS) is 21.3. The van der Waals surface area contributed by atoms with E-state index in [1.165, 1.54) is 14.2 Å². The van der Waals surface area contributed by atoms with Crippen LogP contribution in [0.2, 0.25) is 0 Å². The first-order chi connectivity index (χ1) is 8.64. The molecule has 96 valence electrons. The molecule has 1 aliphatic rings. The highest BCUT2D eigenvalue weighted by Crippen LogP contribution is 2.41. The quantitative estimate of drug-likeness (QED) is 0.588. The smallest absolute Gasteiger partial charge is 0.334 e. The molecule has 1 atom stereocenters. The standard InChI is InChI=1S/C13H15NO4/c1-17-11(15)8-13(12(16)18-2)9-14(13)10-6-4-3-5-7-10/h3-7H,8-9H2,1-2H3. The summed E-state index contributed by atoms with van der Waals surface area (Å²) in [4.78, 5) is 25.1. The van der Waals surface area contributed by atoms with Crippen molar-refractivity contribution in [2.24, 2.45) is 0 Å². The van der Waals surface area contributed by atoms with Gasteiger partial charge in [0.05, 0.1) is 27.2 Å². The number of anilines is 1. The number of ether oxygens (including phenoxy) is 2. The predicted octanol–water partition coefficient (Wildman–Crippen LogP) is 0.981. The lowest BCUT2D eigenvalue weighted by Crippen LogP contribution is -2.34. The summed E-state index contributed by atoms with van der Waals surface area (Å²) in [6.07, 6.45) is 0.00503. The fourth-order valence-electron chi connectivity index (χ4n) is 2.07. The molecule has 18 heavy (non-hydrogen) atoms. The predicted molar refractivity (Wildman–Crippen MR) is 65.2 cm³/mol. The van der Waals surface area contributed by atoms with Gasteiger partial charge in [-0.3, -0.25) is 4.79 Å². The summed E-state index contributed by atoms with van der Waals surface area (Å²) >= 11 is 0. The third kappa shape index (κ3) is 2.03. The average Bonchev–Trinajstić information content (AvgIpc) is 3.14. The summed E-state index contributed by atoms with van der Waals surface area (Å²) in [5.74, 6) is -0.824. The topological polar surface area (TPSA) is 55.6 Å². The Morgan fingerprint density at radius 2 is 1.89 bits per heavy atom. The summed E-state index contributed by atoms with van der Waals surface area (Å²) in [7, 11) is 2.63. The Labute approximate surface area is 105 Å². The molecule has 5 nitrogen and oxygen atoms in total. The molecule has 1 aliphatic heterocycles. The maximum Gasteiger partial charge on any atom is 0.334 e. The fourth-order valence-corrected chi connectivity index (χ4v) is 2.07. The molecule has 1 fully saturated rings. The van der Waals surface area contributed by atoms with Crippen LogP contribution >= 0.6 is 0 Å². The summed E-state index contributed by atoms with van der Waals surface area (Å²) in [5, 5.41) is 0. The molecule has 2 rings (SSSR count). The number of hydrogen-bond donors (Lipinski definition) is 0. The minimum atomic E-state index is -0.900. The van der Waals surface area contributed by atoms with Gasteiger partial charge >= 0.3 is 11.9 Å². The molecular formula is C13H15NO4. The van der Waals surface area contributed by atoms with Crippen molar-refractivity contribution in [3.8, 4) is 0 Å². The highest BCUT2D eigenvalue weighted by Gasteiger charge is 2.61. The second-order valence-electron chi connectivity index (χ2n) is 4.20. The zero-order valence-corrected chi connectivity index (χ0v) is 10.4. The maximum absolute atomic E-state index is 11.9. The lowest BCUT2D eigenvalue weighted by molar-refractivity contribution is -0.149. The number of rotatable bonds is 4. The lowest BCUT2D eigenvalue weighted by atomic mass is 10.1. The summed E-state index contributed by atoms with van der Waals surface area (Å²) in [6.45, 7) is 0.471. The molecule has 1 aromatic rings. The van der Waals surface area contributed by atoms with Gasteiger partial charge in [0.15, 0.2) is 5.54 Å². The number of carbonyl (C=O) groups excluding carboxylic acids is 2. The van der Waals surface area contributed by atoms with Crippen LogP contribution in [0.1, 0.15) is 6.42 Å². The van der Waals surface area contributed by atoms with E-state index in [1.54, 1.807) is 0 Å². The zero-order chi connectivity index (χ0) is 13.2. The molecule has 1 heterocycles. The van der Waals surface area contributed by atoms with Crippen molar-refractivity contribution >= 4 is 17.6 Å². The largest absolute Gasteiger partial charge is 0.469 e. The van der Waals surface area contributed by atoms with Crippen LogP contribution in [0.25, 0.3) is 0 Å². The summed E-state index contributed by atoms with van der Waals surface area (Å²) in [6, 6.07) is 9.44. The minimum absolute atomic E-state index is 0.00503. The van der Waals surface area contributed by atoms with E-state index >= 15 is 0 Å². The monoisotopic (exact) mass is 249 g/mol. The van der Waals surface area contributed by atoms with E-state index in [-0.39, 0.29) is 6.42 Å². The molecule has 0 aliphatic carbocycles. The van der Waals surface area contributed by atoms with Crippen LogP contribution in [0.3, 0.4) is 0 Å². The van der Waals surface area contributed by atoms with Gasteiger partial charge in [0.2, 0.25) is 0 Å². The van der Waals surface area contributed by atoms with E-state index in [9.17, 15) is 9.59 Å². The third-order valence-corrected chi connectivity index (χ3v) is 3.13. The van der Waals surface area contributed by atoms with Crippen molar-refractivity contribution < 1.29 is 19.1 Å². The number of para-hydroxylation sites is 1. The molecule has 1 aromatic carbocycles. The van der Waals surface area contributed by atoms with Crippen LogP contribution in [0, 0.1) is 0 Å². The first kappa shape index (κ1) is 12.4. The highest BCUT2D eigenvalue weighted by atomic mass is 16.5. The van der Waals surface area contributed by atoms with Gasteiger partial charge < -0.3 is 14.4 Å². The molecule has 0 spiro atoms. The average molecular weight is 249 g/mol. The van der Waals surface area contributed by atoms with Crippen molar-refractivity contribution in [2.75, 3.05) is 25.7 Å². The fraction of sp³-hybridized carbons (Fsp3) is 0.385. The van der Waals surface area contributed by atoms with Gasteiger partial charge in [0.25, 0.3) is 0 Å². The van der Waals surface area contributed by atoms with Gasteiger partial charge in [-0.1, -0.05) is 18.2 Å². The number of hydrogen-bond acceptors (Lipinski definition) is 5. The van der Waals surface area contributed by atoms with Crippen LogP contribution in [0.5, 0.6) is 0 Å². The first-order valence-corrected chi connectivity index (χ1v) is 5.62. The van der Waals surface area contributed by atoms with E-state index in [0.717, 1.165) is 5.69 Å². The van der Waals surface area contributed by atoms with E-state index in [0.29, 0.717) is 6.54 Å². The molecule has 5 heteroatoms. The molecule has 0 radical (unpaired) electrons. The number of benzene rings is 1. The van der Waals surface area contributed by atoms with Gasteiger partial charge in [0, 0.05) is 5.69 Å². The molecule has 0 bridgehead atoms. The van der Waals surface area contributed by atoms with Crippen molar-refractivity contribution in [1.29, 1.82) is 0 Å². The van der Waals surface area contributed by atoms with Crippen molar-refractivity contribution in [1.82, 2.24) is 0 Å². The van der Waals surface area contributed by atoms with Gasteiger partial charge in [-0.2, -0.15) is 0 Å². The molecule has 0 N–H and O–H groups in total. The van der Waals surface area contributed by atoms with E-state index in [2.05, 4.69) is 4.74 Å². The Hall–Kier alpha value is -2.04. The van der Waals surface area contributed by atoms with Gasteiger partial charge in [-0.15, -0.1) is 0 Å². The Balaban J connectivity index is 2.21. The van der Waals surface area contributed by atoms with Crippen LogP contribution in [-0.4, -0.2) is 38.2 Å². The molecular weight excluding hydrogens is 234 g/mol. The van der Waals surface area contributed by atoms with Crippen molar-refractivity contribution in [2.45, 2.75) is 12.0 Å². The first-order valence-electron chi connectivity index (χ1n) is 5.62. The van der Waals surface area contributed by atoms with Crippen LogP contribution in [0.4, 0.5) is 5.69 Å². The second-order valence-corrected chi connectivity index (χ2v) is 4.20. The number of methoxy groups -OCH3 is 2. The Kier molecular flexibility index (Phi) is 3.23. The molecule has 0 saturated carbocycles. The van der Waals surface area contributed by atoms with Crippen LogP contribution in [-0.2, 0) is 19.1 Å². The number of esters is 2. The zero-order valence-electron chi connectivity index (χ0n) is 10.4. The molecule has 0 amide bonds. The second kappa shape index (κ2) is 4.68. The van der Waals surface area contributed by atoms with Crippen molar-refractivity contribution in [3.63, 3.8) is 0 Å². The summed E-state index contributed by atoms with van der Waals surface area (Å²) in [5.41, 5.74) is -0.00442. The minimum Gasteiger partial charge on any atom is -0.469 e. The van der Waals surface area contributed by atoms with Crippen molar-refractivity contribution in [3.05, 3.63) is 30.3 Å². The maximum atomic E-state index is 11.9. The van der Waals surface area contributed by atoms with Gasteiger partial charge in [-0.25, -0.2) is 4.79 Å².